The number of H-pyrrole nitrogens is 1. The summed E-state index contributed by atoms with van der Waals surface area (Å²) >= 11 is 0. The van der Waals surface area contributed by atoms with Crippen LogP contribution in [0.4, 0.5) is 0 Å². The van der Waals surface area contributed by atoms with E-state index in [0.717, 1.165) is 11.1 Å². The maximum Gasteiger partial charge on any atom is 0.255 e. The Hall–Kier alpha value is -2.23. The minimum atomic E-state index is -3.26. The highest BCUT2D eigenvalue weighted by Crippen LogP contribution is 2.22. The minimum absolute atomic E-state index is 0.225. The number of aromatic nitrogens is 2. The Labute approximate surface area is 152 Å². The van der Waals surface area contributed by atoms with Crippen molar-refractivity contribution in [2.24, 2.45) is 0 Å². The van der Waals surface area contributed by atoms with Crippen molar-refractivity contribution in [2.75, 3.05) is 32.5 Å². The Balaban J connectivity index is 1.66. The Morgan fingerprint density at radius 3 is 3.00 bits per heavy atom. The molecule has 0 saturated carbocycles. The zero-order valence-corrected chi connectivity index (χ0v) is 15.5. The third-order valence-electron chi connectivity index (χ3n) is 4.25. The number of hydrogen-bond acceptors (Lipinski definition) is 5. The molecule has 0 aliphatic carbocycles. The number of ether oxygens (including phenoxy) is 1. The lowest BCUT2D eigenvalue weighted by Gasteiger charge is -2.31. The molecule has 2 N–H and O–H groups in total. The lowest BCUT2D eigenvalue weighted by molar-refractivity contribution is 0.000442. The van der Waals surface area contributed by atoms with Crippen LogP contribution in [-0.2, 0) is 14.8 Å². The monoisotopic (exact) mass is 378 g/mol. The first-order valence-electron chi connectivity index (χ1n) is 8.30. The van der Waals surface area contributed by atoms with Crippen LogP contribution < -0.4 is 5.32 Å². The van der Waals surface area contributed by atoms with Gasteiger partial charge in [0.25, 0.3) is 5.91 Å². The molecular weight excluding hydrogens is 356 g/mol. The molecule has 0 radical (unpaired) electrons. The summed E-state index contributed by atoms with van der Waals surface area (Å²) < 4.78 is 30.2. The highest BCUT2D eigenvalue weighted by atomic mass is 32.2. The Bertz CT molecular complexity index is 894. The normalized spacial score (nSPS) is 18.6. The molecule has 140 valence electrons. The number of benzene rings is 1. The lowest BCUT2D eigenvalue weighted by Crippen LogP contribution is -2.49. The zero-order valence-electron chi connectivity index (χ0n) is 14.7. The number of sulfonamides is 1. The number of rotatable bonds is 5. The van der Waals surface area contributed by atoms with E-state index in [4.69, 9.17) is 4.74 Å². The van der Waals surface area contributed by atoms with Crippen molar-refractivity contribution in [2.45, 2.75) is 13.0 Å². The first-order valence-corrected chi connectivity index (χ1v) is 10.1. The number of amides is 1. The molecule has 0 unspecified atom stereocenters. The molecule has 2 heterocycles. The number of morpholine rings is 1. The lowest BCUT2D eigenvalue weighted by atomic mass is 10.1. The Morgan fingerprint density at radius 1 is 1.46 bits per heavy atom. The third kappa shape index (κ3) is 4.29. The minimum Gasteiger partial charge on any atom is -0.374 e. The van der Waals surface area contributed by atoms with E-state index in [0.29, 0.717) is 24.4 Å². The number of hydrogen-bond donors (Lipinski definition) is 2. The maximum atomic E-state index is 12.5. The average Bonchev–Trinajstić information content (AvgIpc) is 3.09. The van der Waals surface area contributed by atoms with Gasteiger partial charge >= 0.3 is 0 Å². The van der Waals surface area contributed by atoms with Crippen LogP contribution in [0.5, 0.6) is 0 Å². The molecule has 9 heteroatoms. The summed E-state index contributed by atoms with van der Waals surface area (Å²) in [4.78, 5) is 12.5. The number of nitrogens with one attached hydrogen (secondary N) is 2. The second-order valence-electron chi connectivity index (χ2n) is 6.35. The first-order chi connectivity index (χ1) is 12.3. The fourth-order valence-corrected chi connectivity index (χ4v) is 3.74. The van der Waals surface area contributed by atoms with Gasteiger partial charge in [-0.1, -0.05) is 23.8 Å². The molecule has 8 nitrogen and oxygen atoms in total. The van der Waals surface area contributed by atoms with Gasteiger partial charge in [0, 0.05) is 25.2 Å². The van der Waals surface area contributed by atoms with Gasteiger partial charge in [0.05, 0.1) is 36.4 Å². The zero-order chi connectivity index (χ0) is 18.7. The van der Waals surface area contributed by atoms with Crippen LogP contribution in [0.25, 0.3) is 11.3 Å². The van der Waals surface area contributed by atoms with E-state index in [2.05, 4.69) is 15.5 Å². The Kier molecular flexibility index (Phi) is 5.40. The van der Waals surface area contributed by atoms with Gasteiger partial charge in [-0.05, 0) is 13.0 Å². The summed E-state index contributed by atoms with van der Waals surface area (Å²) in [6.45, 7) is 3.09. The molecule has 1 atom stereocenters. The van der Waals surface area contributed by atoms with E-state index in [1.807, 2.05) is 31.2 Å². The molecule has 1 aromatic heterocycles. The van der Waals surface area contributed by atoms with E-state index < -0.39 is 10.0 Å². The molecule has 1 saturated heterocycles. The molecule has 1 aliphatic heterocycles. The van der Waals surface area contributed by atoms with Crippen molar-refractivity contribution in [3.63, 3.8) is 0 Å². The summed E-state index contributed by atoms with van der Waals surface area (Å²) in [6, 6.07) is 7.78. The van der Waals surface area contributed by atoms with Crippen molar-refractivity contribution in [1.29, 1.82) is 0 Å². The number of aryl methyl sites for hydroxylation is 1. The van der Waals surface area contributed by atoms with Crippen molar-refractivity contribution in [3.05, 3.63) is 41.6 Å². The number of carbonyl (C=O) groups is 1. The first kappa shape index (κ1) is 18.6. The summed E-state index contributed by atoms with van der Waals surface area (Å²) in [5, 5.41) is 9.66. The summed E-state index contributed by atoms with van der Waals surface area (Å²) in [5.41, 5.74) is 3.05. The quantitative estimate of drug-likeness (QED) is 0.800. The van der Waals surface area contributed by atoms with Gasteiger partial charge in [0.2, 0.25) is 10.0 Å². The molecule has 1 fully saturated rings. The maximum absolute atomic E-state index is 12.5. The van der Waals surface area contributed by atoms with E-state index in [1.165, 1.54) is 16.8 Å². The number of nitrogens with zero attached hydrogens (tertiary/aromatic N) is 2. The molecule has 0 spiro atoms. The smallest absolute Gasteiger partial charge is 0.255 e. The van der Waals surface area contributed by atoms with Gasteiger partial charge in [-0.25, -0.2) is 8.42 Å². The van der Waals surface area contributed by atoms with Crippen LogP contribution >= 0.6 is 0 Å². The second-order valence-corrected chi connectivity index (χ2v) is 8.33. The van der Waals surface area contributed by atoms with Crippen molar-refractivity contribution >= 4 is 15.9 Å². The molecule has 1 aromatic carbocycles. The van der Waals surface area contributed by atoms with Crippen molar-refractivity contribution in [1.82, 2.24) is 19.8 Å². The molecule has 1 aliphatic rings. The highest BCUT2D eigenvalue weighted by Gasteiger charge is 2.27. The molecule has 0 bridgehead atoms. The van der Waals surface area contributed by atoms with Crippen LogP contribution in [0.2, 0.25) is 0 Å². The fourth-order valence-electron chi connectivity index (χ4n) is 2.90. The predicted molar refractivity (Wildman–Crippen MR) is 97.3 cm³/mol. The highest BCUT2D eigenvalue weighted by molar-refractivity contribution is 7.88. The van der Waals surface area contributed by atoms with Gasteiger partial charge in [0.15, 0.2) is 0 Å². The van der Waals surface area contributed by atoms with Crippen LogP contribution in [0.1, 0.15) is 15.9 Å². The summed E-state index contributed by atoms with van der Waals surface area (Å²) in [5.74, 6) is -0.282. The topological polar surface area (TPSA) is 104 Å². The van der Waals surface area contributed by atoms with Gasteiger partial charge in [0.1, 0.15) is 0 Å². The van der Waals surface area contributed by atoms with Gasteiger partial charge < -0.3 is 10.1 Å². The fraction of sp³-hybridized carbons (Fsp3) is 0.412. The van der Waals surface area contributed by atoms with E-state index in [9.17, 15) is 13.2 Å². The van der Waals surface area contributed by atoms with Gasteiger partial charge in [-0.3, -0.25) is 9.89 Å². The standard InChI is InChI=1S/C17H22N4O4S/c1-12-4-3-5-13(8-12)16-15(10-19-20-16)17(22)18-9-14-11-21(6-7-25-14)26(2,23)24/h3-5,8,10,14H,6-7,9,11H2,1-2H3,(H,18,22)(H,19,20)/t14-/m0/s1. The van der Waals surface area contributed by atoms with E-state index in [-0.39, 0.29) is 25.1 Å². The second kappa shape index (κ2) is 7.56. The molecule has 1 amide bonds. The van der Waals surface area contributed by atoms with Crippen molar-refractivity contribution in [3.8, 4) is 11.3 Å². The summed E-state index contributed by atoms with van der Waals surface area (Å²) in [6.07, 6.45) is 2.28. The Morgan fingerprint density at radius 2 is 2.27 bits per heavy atom. The van der Waals surface area contributed by atoms with E-state index in [1.54, 1.807) is 0 Å². The van der Waals surface area contributed by atoms with Crippen LogP contribution in [-0.4, -0.2) is 67.4 Å². The largest absolute Gasteiger partial charge is 0.374 e. The molecular formula is C17H22N4O4S. The molecule has 26 heavy (non-hydrogen) atoms. The number of aromatic amines is 1. The molecule has 3 rings (SSSR count). The van der Waals surface area contributed by atoms with Crippen LogP contribution in [0, 0.1) is 6.92 Å². The van der Waals surface area contributed by atoms with Crippen LogP contribution in [0.15, 0.2) is 30.5 Å². The average molecular weight is 378 g/mol. The van der Waals surface area contributed by atoms with Gasteiger partial charge in [-0.15, -0.1) is 0 Å². The summed E-state index contributed by atoms with van der Waals surface area (Å²) in [7, 11) is -3.26. The molecule has 2 aromatic rings. The van der Waals surface area contributed by atoms with Crippen LogP contribution in [0.3, 0.4) is 0 Å². The number of carbonyl (C=O) groups excluding carboxylic acids is 1. The predicted octanol–water partition coefficient (Wildman–Crippen LogP) is 0.775. The van der Waals surface area contributed by atoms with E-state index >= 15 is 0 Å². The van der Waals surface area contributed by atoms with Gasteiger partial charge in [-0.2, -0.15) is 9.40 Å². The van der Waals surface area contributed by atoms with Crippen molar-refractivity contribution < 1.29 is 17.9 Å². The SMILES string of the molecule is Cc1cccc(-c2[nH]ncc2C(=O)NC[C@H]2CN(S(C)(=O)=O)CCO2)c1. The third-order valence-corrected chi connectivity index (χ3v) is 5.52.